The normalized spacial score (nSPS) is 17.1. The van der Waals surface area contributed by atoms with Gasteiger partial charge in [0.25, 0.3) is 0 Å². The maximum atomic E-state index is 5.70. The van der Waals surface area contributed by atoms with Crippen molar-refractivity contribution < 1.29 is 9.47 Å². The van der Waals surface area contributed by atoms with E-state index in [2.05, 4.69) is 18.7 Å². The first kappa shape index (κ1) is 10.3. The van der Waals surface area contributed by atoms with E-state index in [0.717, 1.165) is 17.9 Å². The number of para-hydroxylation sites is 2. The largest absolute Gasteiger partial charge is 0.438 e. The van der Waals surface area contributed by atoms with E-state index in [1.165, 1.54) is 0 Å². The molecule has 0 fully saturated rings. The van der Waals surface area contributed by atoms with Gasteiger partial charge in [0.15, 0.2) is 11.5 Å². The van der Waals surface area contributed by atoms with Crippen LogP contribution in [0.15, 0.2) is 24.3 Å². The van der Waals surface area contributed by atoms with Crippen molar-refractivity contribution in [1.82, 2.24) is 4.90 Å². The number of nitrogens with zero attached hydrogens (tertiary/aromatic N) is 1. The van der Waals surface area contributed by atoms with Gasteiger partial charge in [0.05, 0.1) is 0 Å². The first-order valence-electron chi connectivity index (χ1n) is 5.36. The van der Waals surface area contributed by atoms with E-state index in [1.807, 2.05) is 31.3 Å². The second-order valence-corrected chi connectivity index (χ2v) is 3.91. The molecule has 1 aliphatic heterocycles. The molecule has 0 amide bonds. The number of hydrogen-bond donors (Lipinski definition) is 0. The fourth-order valence-electron chi connectivity index (χ4n) is 1.55. The zero-order valence-electron chi connectivity index (χ0n) is 9.43. The average molecular weight is 207 g/mol. The Morgan fingerprint density at radius 1 is 1.27 bits per heavy atom. The molecule has 1 unspecified atom stereocenters. The first-order valence-corrected chi connectivity index (χ1v) is 5.36. The minimum absolute atomic E-state index is 0.280. The Morgan fingerprint density at radius 2 is 1.80 bits per heavy atom. The lowest BCUT2D eigenvalue weighted by Gasteiger charge is -2.27. The zero-order chi connectivity index (χ0) is 10.8. The molecule has 0 aromatic heterocycles. The molecule has 2 rings (SSSR count). The van der Waals surface area contributed by atoms with E-state index < -0.39 is 0 Å². The summed E-state index contributed by atoms with van der Waals surface area (Å²) in [4.78, 5) is 2.10. The Bertz CT molecular complexity index is 315. The summed E-state index contributed by atoms with van der Waals surface area (Å²) in [5.41, 5.74) is 0. The highest BCUT2D eigenvalue weighted by atomic mass is 16.7. The molecule has 1 atom stereocenters. The summed E-state index contributed by atoms with van der Waals surface area (Å²) in [6.45, 7) is 4.32. The maximum absolute atomic E-state index is 5.70. The molecular formula is C12H17NO2. The number of rotatable bonds is 3. The quantitative estimate of drug-likeness (QED) is 0.760. The number of ether oxygens (including phenoxy) is 2. The van der Waals surface area contributed by atoms with Crippen molar-refractivity contribution in [1.29, 1.82) is 0 Å². The fraction of sp³-hybridized carbons (Fsp3) is 0.500. The average Bonchev–Trinajstić information content (AvgIpc) is 2.70. The summed E-state index contributed by atoms with van der Waals surface area (Å²) >= 11 is 0. The van der Waals surface area contributed by atoms with Crippen molar-refractivity contribution >= 4 is 0 Å². The SMILES string of the molecule is CCC(C)N(C)C1Oc2ccccc2O1. The molecule has 0 bridgehead atoms. The molecule has 0 N–H and O–H groups in total. The van der Waals surface area contributed by atoms with Crippen LogP contribution in [-0.4, -0.2) is 24.4 Å². The Labute approximate surface area is 90.6 Å². The summed E-state index contributed by atoms with van der Waals surface area (Å²) in [5.74, 6) is 1.66. The van der Waals surface area contributed by atoms with Crippen LogP contribution in [0.25, 0.3) is 0 Å². The van der Waals surface area contributed by atoms with Crippen molar-refractivity contribution in [2.24, 2.45) is 0 Å². The predicted molar refractivity (Wildman–Crippen MR) is 59.0 cm³/mol. The lowest BCUT2D eigenvalue weighted by atomic mass is 10.2. The molecule has 0 radical (unpaired) electrons. The molecule has 3 heteroatoms. The lowest BCUT2D eigenvalue weighted by molar-refractivity contribution is -0.0915. The smallest absolute Gasteiger partial charge is 0.305 e. The minimum Gasteiger partial charge on any atom is -0.438 e. The van der Waals surface area contributed by atoms with Crippen molar-refractivity contribution in [2.75, 3.05) is 7.05 Å². The van der Waals surface area contributed by atoms with Gasteiger partial charge in [-0.25, -0.2) is 4.90 Å². The number of benzene rings is 1. The Morgan fingerprint density at radius 3 is 2.27 bits per heavy atom. The molecule has 3 nitrogen and oxygen atoms in total. The van der Waals surface area contributed by atoms with Gasteiger partial charge in [-0.15, -0.1) is 0 Å². The van der Waals surface area contributed by atoms with Crippen LogP contribution < -0.4 is 9.47 Å². The summed E-state index contributed by atoms with van der Waals surface area (Å²) in [6.07, 6.45) is 0.799. The van der Waals surface area contributed by atoms with Crippen LogP contribution >= 0.6 is 0 Å². The van der Waals surface area contributed by atoms with Crippen molar-refractivity contribution in [3.8, 4) is 11.5 Å². The molecule has 0 saturated carbocycles. The Balaban J connectivity index is 2.07. The van der Waals surface area contributed by atoms with Crippen molar-refractivity contribution in [3.05, 3.63) is 24.3 Å². The highest BCUT2D eigenvalue weighted by molar-refractivity contribution is 5.41. The molecule has 0 aliphatic carbocycles. The zero-order valence-corrected chi connectivity index (χ0v) is 9.43. The van der Waals surface area contributed by atoms with Gasteiger partial charge in [0.1, 0.15) is 0 Å². The van der Waals surface area contributed by atoms with Gasteiger partial charge < -0.3 is 9.47 Å². The lowest BCUT2D eigenvalue weighted by Crippen LogP contribution is -2.43. The molecule has 1 aliphatic rings. The molecule has 0 spiro atoms. The second-order valence-electron chi connectivity index (χ2n) is 3.91. The number of hydrogen-bond acceptors (Lipinski definition) is 3. The molecule has 1 aromatic carbocycles. The van der Waals surface area contributed by atoms with E-state index in [-0.39, 0.29) is 6.41 Å². The summed E-state index contributed by atoms with van der Waals surface area (Å²) in [7, 11) is 2.02. The molecule has 1 aromatic rings. The third-order valence-corrected chi connectivity index (χ3v) is 2.92. The molecule has 1 heterocycles. The number of fused-ring (bicyclic) bond motifs is 1. The molecular weight excluding hydrogens is 190 g/mol. The Hall–Kier alpha value is -1.22. The van der Waals surface area contributed by atoms with Gasteiger partial charge in [-0.3, -0.25) is 0 Å². The topological polar surface area (TPSA) is 21.7 Å². The van der Waals surface area contributed by atoms with E-state index in [9.17, 15) is 0 Å². The van der Waals surface area contributed by atoms with E-state index >= 15 is 0 Å². The fourth-order valence-corrected chi connectivity index (χ4v) is 1.55. The summed E-state index contributed by atoms with van der Waals surface area (Å²) in [6, 6.07) is 8.21. The monoisotopic (exact) mass is 207 g/mol. The predicted octanol–water partition coefficient (Wildman–Crippen LogP) is 2.47. The summed E-state index contributed by atoms with van der Waals surface area (Å²) < 4.78 is 11.4. The van der Waals surface area contributed by atoms with Crippen LogP contribution in [0.3, 0.4) is 0 Å². The Kier molecular flexibility index (Phi) is 2.82. The standard InChI is InChI=1S/C12H17NO2/c1-4-9(2)13(3)12-14-10-7-5-6-8-11(10)15-12/h5-9,12H,4H2,1-3H3. The van der Waals surface area contributed by atoms with Crippen LogP contribution in [0.4, 0.5) is 0 Å². The van der Waals surface area contributed by atoms with Gasteiger partial charge in [0, 0.05) is 6.04 Å². The molecule has 15 heavy (non-hydrogen) atoms. The van der Waals surface area contributed by atoms with E-state index in [0.29, 0.717) is 6.04 Å². The maximum Gasteiger partial charge on any atom is 0.305 e. The van der Waals surface area contributed by atoms with E-state index in [4.69, 9.17) is 9.47 Å². The van der Waals surface area contributed by atoms with Gasteiger partial charge in [-0.1, -0.05) is 19.1 Å². The third-order valence-electron chi connectivity index (χ3n) is 2.92. The van der Waals surface area contributed by atoms with Crippen LogP contribution in [0.1, 0.15) is 20.3 Å². The van der Waals surface area contributed by atoms with Gasteiger partial charge >= 0.3 is 6.41 Å². The molecule has 82 valence electrons. The van der Waals surface area contributed by atoms with Crippen LogP contribution in [-0.2, 0) is 0 Å². The van der Waals surface area contributed by atoms with Gasteiger partial charge in [-0.05, 0) is 32.5 Å². The van der Waals surface area contributed by atoms with Crippen molar-refractivity contribution in [2.45, 2.75) is 32.7 Å². The summed E-state index contributed by atoms with van der Waals surface area (Å²) in [5, 5.41) is 0. The van der Waals surface area contributed by atoms with Gasteiger partial charge in [0.2, 0.25) is 0 Å². The van der Waals surface area contributed by atoms with Crippen LogP contribution in [0.5, 0.6) is 11.5 Å². The minimum atomic E-state index is -0.280. The molecule has 0 saturated heterocycles. The van der Waals surface area contributed by atoms with Crippen molar-refractivity contribution in [3.63, 3.8) is 0 Å². The first-order chi connectivity index (χ1) is 7.22. The third kappa shape index (κ3) is 1.92. The van der Waals surface area contributed by atoms with Crippen LogP contribution in [0.2, 0.25) is 0 Å². The van der Waals surface area contributed by atoms with E-state index in [1.54, 1.807) is 0 Å². The van der Waals surface area contributed by atoms with Crippen LogP contribution in [0, 0.1) is 0 Å². The second kappa shape index (κ2) is 4.11. The highest BCUT2D eigenvalue weighted by Crippen LogP contribution is 2.34. The highest BCUT2D eigenvalue weighted by Gasteiger charge is 2.29. The van der Waals surface area contributed by atoms with Gasteiger partial charge in [-0.2, -0.15) is 0 Å².